The van der Waals surface area contributed by atoms with Crippen LogP contribution in [-0.4, -0.2) is 31.6 Å². The van der Waals surface area contributed by atoms with E-state index in [2.05, 4.69) is 54.1 Å². The molecular weight excluding hydrogens is 363 g/mol. The van der Waals surface area contributed by atoms with Gasteiger partial charge in [-0.3, -0.25) is 0 Å². The van der Waals surface area contributed by atoms with Crippen molar-refractivity contribution < 1.29 is 0 Å². The highest BCUT2D eigenvalue weighted by Crippen LogP contribution is 2.41. The van der Waals surface area contributed by atoms with Crippen LogP contribution in [0, 0.1) is 5.92 Å². The Morgan fingerprint density at radius 3 is 2.65 bits per heavy atom. The Labute approximate surface area is 166 Å². The minimum atomic E-state index is 0.299. The third-order valence-corrected chi connectivity index (χ3v) is 6.36. The van der Waals surface area contributed by atoms with Crippen LogP contribution in [0.15, 0.2) is 36.4 Å². The molecule has 0 bridgehead atoms. The van der Waals surface area contributed by atoms with Crippen LogP contribution in [0.2, 0.25) is 10.0 Å². The molecule has 0 saturated carbocycles. The van der Waals surface area contributed by atoms with Gasteiger partial charge in [0, 0.05) is 47.8 Å². The summed E-state index contributed by atoms with van der Waals surface area (Å²) in [4.78, 5) is 4.94. The van der Waals surface area contributed by atoms with Crippen molar-refractivity contribution in [3.8, 4) is 0 Å². The van der Waals surface area contributed by atoms with Gasteiger partial charge in [-0.2, -0.15) is 0 Å². The topological polar surface area (TPSA) is 6.48 Å². The molecule has 0 unspecified atom stereocenters. The molecule has 0 radical (unpaired) electrons. The Morgan fingerprint density at radius 2 is 1.85 bits per heavy atom. The van der Waals surface area contributed by atoms with Gasteiger partial charge in [0.05, 0.1) is 0 Å². The van der Waals surface area contributed by atoms with Crippen LogP contribution in [0.4, 0.5) is 5.69 Å². The molecule has 0 spiro atoms. The van der Waals surface area contributed by atoms with Gasteiger partial charge in [0.1, 0.15) is 0 Å². The van der Waals surface area contributed by atoms with E-state index in [-0.39, 0.29) is 0 Å². The summed E-state index contributed by atoms with van der Waals surface area (Å²) in [5.41, 5.74) is 5.28. The number of fused-ring (bicyclic) bond motifs is 1. The largest absolute Gasteiger partial charge is 0.371 e. The molecule has 2 atom stereocenters. The van der Waals surface area contributed by atoms with Crippen molar-refractivity contribution >= 4 is 28.9 Å². The van der Waals surface area contributed by atoms with E-state index in [9.17, 15) is 0 Å². The molecule has 26 heavy (non-hydrogen) atoms. The third-order valence-electron chi connectivity index (χ3n) is 5.80. The zero-order chi connectivity index (χ0) is 18.3. The summed E-state index contributed by atoms with van der Waals surface area (Å²) in [6.07, 6.45) is 2.60. The number of hydrogen-bond donors (Lipinski definition) is 0. The normalized spacial score (nSPS) is 23.8. The Bertz CT molecular complexity index is 805. The van der Waals surface area contributed by atoms with E-state index in [1.54, 1.807) is 0 Å². The first kappa shape index (κ1) is 18.2. The second kappa shape index (κ2) is 7.42. The lowest BCUT2D eigenvalue weighted by molar-refractivity contribution is 0.295. The predicted molar refractivity (Wildman–Crippen MR) is 112 cm³/mol. The quantitative estimate of drug-likeness (QED) is 0.640. The summed E-state index contributed by atoms with van der Waals surface area (Å²) >= 11 is 12.9. The molecule has 2 heterocycles. The fraction of sp³-hybridized carbons (Fsp3) is 0.455. The van der Waals surface area contributed by atoms with Crippen molar-refractivity contribution in [2.75, 3.05) is 31.6 Å². The average Bonchev–Trinajstić information content (AvgIpc) is 2.62. The number of halogens is 2. The number of rotatable bonds is 2. The number of hydrogen-bond acceptors (Lipinski definition) is 2. The second-order valence-corrected chi connectivity index (χ2v) is 8.80. The molecular formula is C22H26Cl2N2. The number of nitrogens with zero attached hydrogens (tertiary/aromatic N) is 2. The van der Waals surface area contributed by atoms with Crippen molar-refractivity contribution in [2.45, 2.75) is 32.2 Å². The van der Waals surface area contributed by atoms with Crippen LogP contribution in [0.5, 0.6) is 0 Å². The summed E-state index contributed by atoms with van der Waals surface area (Å²) in [5.74, 6) is 1.05. The van der Waals surface area contributed by atoms with Gasteiger partial charge in [-0.05, 0) is 60.7 Å². The minimum absolute atomic E-state index is 0.299. The standard InChI is InChI=1S/C22H26Cl2N2/c1-15-6-5-9-26(12-15)22-8-4-3-7-17(22)19-13-25(2)14-20-18(19)10-16(23)11-21(20)24/h3-4,7-8,10-11,15,19H,5-6,9,12-14H2,1-2H3/t15-,19-/m0/s1. The smallest absolute Gasteiger partial charge is 0.0468 e. The van der Waals surface area contributed by atoms with E-state index in [1.807, 2.05) is 6.07 Å². The molecule has 4 rings (SSSR count). The van der Waals surface area contributed by atoms with Crippen molar-refractivity contribution in [1.29, 1.82) is 0 Å². The number of para-hydroxylation sites is 1. The molecule has 0 aliphatic carbocycles. The maximum absolute atomic E-state index is 6.55. The van der Waals surface area contributed by atoms with E-state index in [0.29, 0.717) is 5.92 Å². The molecule has 2 aromatic carbocycles. The van der Waals surface area contributed by atoms with Crippen molar-refractivity contribution in [3.05, 3.63) is 63.1 Å². The highest BCUT2D eigenvalue weighted by atomic mass is 35.5. The maximum atomic E-state index is 6.55. The number of anilines is 1. The molecule has 1 fully saturated rings. The molecule has 2 nitrogen and oxygen atoms in total. The molecule has 4 heteroatoms. The third kappa shape index (κ3) is 3.47. The summed E-state index contributed by atoms with van der Waals surface area (Å²) in [6.45, 7) is 6.52. The lowest BCUT2D eigenvalue weighted by Gasteiger charge is -2.38. The summed E-state index contributed by atoms with van der Waals surface area (Å²) in [6, 6.07) is 12.9. The molecule has 1 saturated heterocycles. The summed E-state index contributed by atoms with van der Waals surface area (Å²) in [5, 5.41) is 1.51. The number of likely N-dealkylation sites (N-methyl/N-ethyl adjacent to an activating group) is 1. The number of benzene rings is 2. The zero-order valence-corrected chi connectivity index (χ0v) is 17.0. The van der Waals surface area contributed by atoms with Gasteiger partial charge in [0.15, 0.2) is 0 Å². The Hall–Kier alpha value is -1.22. The van der Waals surface area contributed by atoms with Gasteiger partial charge < -0.3 is 9.80 Å². The molecule has 2 aliphatic rings. The average molecular weight is 389 g/mol. The Morgan fingerprint density at radius 1 is 1.04 bits per heavy atom. The van der Waals surface area contributed by atoms with Gasteiger partial charge in [-0.25, -0.2) is 0 Å². The highest BCUT2D eigenvalue weighted by Gasteiger charge is 2.30. The predicted octanol–water partition coefficient (Wildman–Crippen LogP) is 5.81. The first-order chi connectivity index (χ1) is 12.5. The molecule has 0 aromatic heterocycles. The van der Waals surface area contributed by atoms with E-state index in [0.717, 1.165) is 42.1 Å². The monoisotopic (exact) mass is 388 g/mol. The van der Waals surface area contributed by atoms with E-state index >= 15 is 0 Å². The molecule has 138 valence electrons. The summed E-state index contributed by atoms with van der Waals surface area (Å²) < 4.78 is 0. The molecule has 0 N–H and O–H groups in total. The highest BCUT2D eigenvalue weighted by molar-refractivity contribution is 6.35. The summed E-state index contributed by atoms with van der Waals surface area (Å²) in [7, 11) is 2.17. The van der Waals surface area contributed by atoms with Gasteiger partial charge in [0.2, 0.25) is 0 Å². The van der Waals surface area contributed by atoms with E-state index in [4.69, 9.17) is 23.2 Å². The van der Waals surface area contributed by atoms with Crippen LogP contribution in [-0.2, 0) is 6.54 Å². The molecule has 0 amide bonds. The SMILES string of the molecule is C[C@H]1CCCN(c2ccccc2[C@@H]2CN(C)Cc3c(Cl)cc(Cl)cc32)C1. The fourth-order valence-electron chi connectivity index (χ4n) is 4.59. The first-order valence-electron chi connectivity index (χ1n) is 9.53. The van der Waals surface area contributed by atoms with E-state index < -0.39 is 0 Å². The van der Waals surface area contributed by atoms with E-state index in [1.165, 1.54) is 35.2 Å². The van der Waals surface area contributed by atoms with Crippen LogP contribution in [0.1, 0.15) is 42.4 Å². The van der Waals surface area contributed by atoms with Crippen LogP contribution in [0.25, 0.3) is 0 Å². The number of piperidine rings is 1. The lowest BCUT2D eigenvalue weighted by atomic mass is 9.83. The maximum Gasteiger partial charge on any atom is 0.0468 e. The van der Waals surface area contributed by atoms with Gasteiger partial charge in [-0.1, -0.05) is 48.3 Å². The van der Waals surface area contributed by atoms with Crippen LogP contribution >= 0.6 is 23.2 Å². The second-order valence-electron chi connectivity index (χ2n) is 7.96. The zero-order valence-electron chi connectivity index (χ0n) is 15.5. The van der Waals surface area contributed by atoms with Crippen molar-refractivity contribution in [2.24, 2.45) is 5.92 Å². The first-order valence-corrected chi connectivity index (χ1v) is 10.3. The lowest BCUT2D eigenvalue weighted by Crippen LogP contribution is -2.36. The molecule has 2 aromatic rings. The van der Waals surface area contributed by atoms with Crippen LogP contribution in [0.3, 0.4) is 0 Å². The Kier molecular flexibility index (Phi) is 5.18. The van der Waals surface area contributed by atoms with Gasteiger partial charge >= 0.3 is 0 Å². The Balaban J connectivity index is 1.80. The van der Waals surface area contributed by atoms with Crippen LogP contribution < -0.4 is 4.90 Å². The molecule has 2 aliphatic heterocycles. The fourth-order valence-corrected chi connectivity index (χ4v) is 5.16. The van der Waals surface area contributed by atoms with Gasteiger partial charge in [0.25, 0.3) is 0 Å². The van der Waals surface area contributed by atoms with Gasteiger partial charge in [-0.15, -0.1) is 0 Å². The van der Waals surface area contributed by atoms with Crippen molar-refractivity contribution in [1.82, 2.24) is 4.90 Å². The minimum Gasteiger partial charge on any atom is -0.371 e. The van der Waals surface area contributed by atoms with Crippen molar-refractivity contribution in [3.63, 3.8) is 0 Å².